The van der Waals surface area contributed by atoms with Crippen LogP contribution in [0.5, 0.6) is 0 Å². The Morgan fingerprint density at radius 1 is 1.40 bits per heavy atom. The molecular weight excluding hydrogens is 194 g/mol. The molecule has 0 aliphatic carbocycles. The molecule has 5 heteroatoms. The summed E-state index contributed by atoms with van der Waals surface area (Å²) in [7, 11) is 0. The summed E-state index contributed by atoms with van der Waals surface area (Å²) in [5.74, 6) is 0.549. The zero-order valence-electron chi connectivity index (χ0n) is 9.58. The molecule has 0 unspecified atom stereocenters. The zero-order chi connectivity index (χ0) is 11.1. The first-order valence-corrected chi connectivity index (χ1v) is 5.51. The Hall–Kier alpha value is -0.650. The number of hydrogen-bond acceptors (Lipinski definition) is 4. The van der Waals surface area contributed by atoms with Crippen molar-refractivity contribution >= 4 is 5.91 Å². The number of morpholine rings is 1. The highest BCUT2D eigenvalue weighted by atomic mass is 16.5. The Morgan fingerprint density at radius 3 is 2.67 bits per heavy atom. The lowest BCUT2D eigenvalue weighted by Gasteiger charge is -2.26. The first-order valence-electron chi connectivity index (χ1n) is 5.51. The molecule has 0 aromatic carbocycles. The molecule has 0 aromatic heterocycles. The molecule has 5 nitrogen and oxygen atoms in total. The number of hydrazine groups is 1. The summed E-state index contributed by atoms with van der Waals surface area (Å²) in [5.41, 5.74) is 3.09. The summed E-state index contributed by atoms with van der Waals surface area (Å²) in [4.78, 5) is 11.4. The highest BCUT2D eigenvalue weighted by molar-refractivity contribution is 5.77. The highest BCUT2D eigenvalue weighted by Gasteiger charge is 2.10. The van der Waals surface area contributed by atoms with Gasteiger partial charge < -0.3 is 10.1 Å². The fraction of sp³-hybridized carbons (Fsp3) is 0.900. The molecule has 0 atom stereocenters. The minimum absolute atomic E-state index is 0.0511. The molecule has 1 aliphatic heterocycles. The molecular formula is C10H21N3O2. The van der Waals surface area contributed by atoms with Gasteiger partial charge in [-0.2, -0.15) is 0 Å². The third kappa shape index (κ3) is 5.71. The first-order chi connectivity index (χ1) is 7.18. The van der Waals surface area contributed by atoms with Crippen LogP contribution in [0.1, 0.15) is 13.8 Å². The van der Waals surface area contributed by atoms with Gasteiger partial charge in [0.15, 0.2) is 0 Å². The first kappa shape index (κ1) is 12.4. The van der Waals surface area contributed by atoms with Crippen LogP contribution >= 0.6 is 0 Å². The maximum atomic E-state index is 11.4. The van der Waals surface area contributed by atoms with Gasteiger partial charge in [0.05, 0.1) is 19.8 Å². The maximum Gasteiger partial charge on any atom is 0.235 e. The summed E-state index contributed by atoms with van der Waals surface area (Å²) < 4.78 is 5.20. The molecule has 0 radical (unpaired) electrons. The molecule has 0 aromatic rings. The number of nitrogens with zero attached hydrogens (tertiary/aromatic N) is 1. The van der Waals surface area contributed by atoms with E-state index in [0.29, 0.717) is 12.5 Å². The van der Waals surface area contributed by atoms with Crippen molar-refractivity contribution in [3.63, 3.8) is 0 Å². The number of amides is 1. The average molecular weight is 215 g/mol. The molecule has 1 rings (SSSR count). The molecule has 1 amide bonds. The van der Waals surface area contributed by atoms with E-state index in [9.17, 15) is 4.79 Å². The molecule has 1 heterocycles. The Morgan fingerprint density at radius 2 is 2.07 bits per heavy atom. The molecule has 1 aliphatic rings. The van der Waals surface area contributed by atoms with Gasteiger partial charge in [0.2, 0.25) is 5.91 Å². The smallest absolute Gasteiger partial charge is 0.235 e. The molecule has 15 heavy (non-hydrogen) atoms. The maximum absolute atomic E-state index is 11.4. The minimum Gasteiger partial charge on any atom is -0.379 e. The lowest BCUT2D eigenvalue weighted by atomic mass is 10.2. The van der Waals surface area contributed by atoms with E-state index >= 15 is 0 Å². The van der Waals surface area contributed by atoms with Gasteiger partial charge in [0.1, 0.15) is 0 Å². The van der Waals surface area contributed by atoms with Crippen LogP contribution in [-0.4, -0.2) is 50.3 Å². The van der Waals surface area contributed by atoms with Crippen molar-refractivity contribution in [1.29, 1.82) is 0 Å². The van der Waals surface area contributed by atoms with E-state index < -0.39 is 0 Å². The number of ether oxygens (including phenoxy) is 1. The molecule has 0 spiro atoms. The van der Waals surface area contributed by atoms with E-state index in [-0.39, 0.29) is 5.91 Å². The topological polar surface area (TPSA) is 53.6 Å². The lowest BCUT2D eigenvalue weighted by Crippen LogP contribution is -2.49. The van der Waals surface area contributed by atoms with Crippen LogP contribution in [-0.2, 0) is 9.53 Å². The van der Waals surface area contributed by atoms with Crippen LogP contribution in [0.2, 0.25) is 0 Å². The van der Waals surface area contributed by atoms with Crippen LogP contribution in [0.15, 0.2) is 0 Å². The van der Waals surface area contributed by atoms with Crippen molar-refractivity contribution in [2.45, 2.75) is 13.8 Å². The van der Waals surface area contributed by atoms with Gasteiger partial charge in [0, 0.05) is 19.6 Å². The third-order valence-corrected chi connectivity index (χ3v) is 2.18. The van der Waals surface area contributed by atoms with Crippen LogP contribution in [0.3, 0.4) is 0 Å². The van der Waals surface area contributed by atoms with Gasteiger partial charge >= 0.3 is 0 Å². The van der Waals surface area contributed by atoms with Crippen LogP contribution in [0.4, 0.5) is 0 Å². The second kappa shape index (κ2) is 6.76. The van der Waals surface area contributed by atoms with Gasteiger partial charge in [-0.1, -0.05) is 13.8 Å². The number of hydrogen-bond donors (Lipinski definition) is 2. The number of carbonyl (C=O) groups excluding carboxylic acids is 1. The normalized spacial score (nSPS) is 18.1. The zero-order valence-corrected chi connectivity index (χ0v) is 9.58. The van der Waals surface area contributed by atoms with Gasteiger partial charge in [0.25, 0.3) is 0 Å². The van der Waals surface area contributed by atoms with Crippen molar-refractivity contribution in [3.05, 3.63) is 0 Å². The number of carbonyl (C=O) groups is 1. The molecule has 0 bridgehead atoms. The summed E-state index contributed by atoms with van der Waals surface area (Å²) in [6, 6.07) is 0. The average Bonchev–Trinajstić information content (AvgIpc) is 2.25. The number of nitrogens with one attached hydrogen (secondary N) is 2. The Kier molecular flexibility index (Phi) is 5.60. The Bertz CT molecular complexity index is 191. The predicted molar refractivity (Wildman–Crippen MR) is 58.2 cm³/mol. The Labute approximate surface area is 91.1 Å². The van der Waals surface area contributed by atoms with Gasteiger partial charge in [-0.25, -0.2) is 10.4 Å². The SMILES string of the molecule is CC(C)CNC(=O)CNN1CCOCC1. The van der Waals surface area contributed by atoms with Crippen molar-refractivity contribution in [2.75, 3.05) is 39.4 Å². The third-order valence-electron chi connectivity index (χ3n) is 2.18. The van der Waals surface area contributed by atoms with Crippen LogP contribution in [0, 0.1) is 5.92 Å². The quantitative estimate of drug-likeness (QED) is 0.655. The molecule has 2 N–H and O–H groups in total. The van der Waals surface area contributed by atoms with E-state index in [4.69, 9.17) is 4.74 Å². The fourth-order valence-corrected chi connectivity index (χ4v) is 1.29. The van der Waals surface area contributed by atoms with E-state index in [0.717, 1.165) is 32.8 Å². The molecule has 1 saturated heterocycles. The summed E-state index contributed by atoms with van der Waals surface area (Å²) >= 11 is 0. The van der Waals surface area contributed by atoms with Gasteiger partial charge in [-0.15, -0.1) is 0 Å². The van der Waals surface area contributed by atoms with E-state index in [1.54, 1.807) is 0 Å². The number of rotatable bonds is 5. The van der Waals surface area contributed by atoms with E-state index in [1.807, 2.05) is 5.01 Å². The van der Waals surface area contributed by atoms with Crippen molar-refractivity contribution in [2.24, 2.45) is 5.92 Å². The van der Waals surface area contributed by atoms with Gasteiger partial charge in [-0.05, 0) is 5.92 Å². The molecule has 88 valence electrons. The predicted octanol–water partition coefficient (Wildman–Crippen LogP) is -0.405. The van der Waals surface area contributed by atoms with Crippen molar-refractivity contribution < 1.29 is 9.53 Å². The van der Waals surface area contributed by atoms with Crippen LogP contribution in [0.25, 0.3) is 0 Å². The van der Waals surface area contributed by atoms with Gasteiger partial charge in [-0.3, -0.25) is 4.79 Å². The summed E-state index contributed by atoms with van der Waals surface area (Å²) in [6.45, 7) is 8.41. The summed E-state index contributed by atoms with van der Waals surface area (Å²) in [6.07, 6.45) is 0. The molecule has 0 saturated carbocycles. The minimum atomic E-state index is 0.0511. The van der Waals surface area contributed by atoms with E-state index in [2.05, 4.69) is 24.6 Å². The Balaban J connectivity index is 2.05. The summed E-state index contributed by atoms with van der Waals surface area (Å²) in [5, 5.41) is 4.89. The second-order valence-corrected chi connectivity index (χ2v) is 4.13. The second-order valence-electron chi connectivity index (χ2n) is 4.13. The lowest BCUT2D eigenvalue weighted by molar-refractivity contribution is -0.121. The fourth-order valence-electron chi connectivity index (χ4n) is 1.29. The van der Waals surface area contributed by atoms with Crippen molar-refractivity contribution in [3.8, 4) is 0 Å². The van der Waals surface area contributed by atoms with E-state index in [1.165, 1.54) is 0 Å². The largest absolute Gasteiger partial charge is 0.379 e. The van der Waals surface area contributed by atoms with Crippen molar-refractivity contribution in [1.82, 2.24) is 15.8 Å². The standard InChI is InChI=1S/C10H21N3O2/c1-9(2)7-11-10(14)8-12-13-3-5-15-6-4-13/h9,12H,3-8H2,1-2H3,(H,11,14). The molecule has 1 fully saturated rings. The highest BCUT2D eigenvalue weighted by Crippen LogP contribution is 1.91. The monoisotopic (exact) mass is 215 g/mol. The van der Waals surface area contributed by atoms with Crippen LogP contribution < -0.4 is 10.7 Å².